The molecule has 2 aromatic carbocycles. The van der Waals surface area contributed by atoms with Crippen molar-refractivity contribution >= 4 is 44.7 Å². The second-order valence-corrected chi connectivity index (χ2v) is 16.2. The number of aryl methyl sites for hydroxylation is 1. The number of benzene rings is 2. The zero-order chi connectivity index (χ0) is 32.5. The van der Waals surface area contributed by atoms with Crippen LogP contribution in [0.3, 0.4) is 0 Å². The highest BCUT2D eigenvalue weighted by Crippen LogP contribution is 2.47. The molecule has 246 valence electrons. The van der Waals surface area contributed by atoms with E-state index in [9.17, 15) is 18.6 Å². The van der Waals surface area contributed by atoms with Crippen LogP contribution in [0.25, 0.3) is 0 Å². The summed E-state index contributed by atoms with van der Waals surface area (Å²) in [5.74, 6) is -0.0877. The number of halogens is 1. The van der Waals surface area contributed by atoms with E-state index in [-0.39, 0.29) is 53.0 Å². The number of amides is 1. The first kappa shape index (κ1) is 32.8. The van der Waals surface area contributed by atoms with Gasteiger partial charge in [-0.2, -0.15) is 4.36 Å². The SMILES string of the molecule is CCC(=O)C[S@@]1(=O)=NC(=O)c2ccc3c(c2)N(C[C@@H]2CC[C@H]2[C@@H](OC(C)=O)/C=C/CCC1)C[C@@]1(CCCc2cc(Cl)ccc21)CO3. The summed E-state index contributed by atoms with van der Waals surface area (Å²) in [5.41, 5.74) is 3.34. The van der Waals surface area contributed by atoms with E-state index in [1.807, 2.05) is 30.4 Å². The van der Waals surface area contributed by atoms with Crippen LogP contribution in [-0.2, 0) is 35.9 Å². The molecule has 1 saturated carbocycles. The van der Waals surface area contributed by atoms with E-state index in [0.717, 1.165) is 42.8 Å². The number of hydrogen-bond acceptors (Lipinski definition) is 7. The average molecular weight is 667 g/mol. The van der Waals surface area contributed by atoms with Gasteiger partial charge < -0.3 is 14.4 Å². The minimum Gasteiger partial charge on any atom is -0.490 e. The molecular formula is C36H43ClN2O6S. The Kier molecular flexibility index (Phi) is 9.62. The number of allylic oxidation sites excluding steroid dienone is 1. The molecule has 0 unspecified atom stereocenters. The van der Waals surface area contributed by atoms with Gasteiger partial charge in [-0.15, -0.1) is 0 Å². The molecule has 0 aromatic heterocycles. The highest BCUT2D eigenvalue weighted by atomic mass is 35.5. The first-order chi connectivity index (χ1) is 22.1. The van der Waals surface area contributed by atoms with Crippen LogP contribution in [0.4, 0.5) is 5.69 Å². The van der Waals surface area contributed by atoms with Crippen molar-refractivity contribution in [3.8, 4) is 5.75 Å². The van der Waals surface area contributed by atoms with E-state index in [4.69, 9.17) is 21.1 Å². The molecule has 2 aliphatic carbocycles. The fraction of sp³-hybridized carbons (Fsp3) is 0.528. The standard InChI is InChI=1S/C36H43ClN2O6S/c1-3-29(41)21-46(43)17-6-4-5-9-33(45-24(2)40)30-13-10-27(30)20-39-22-36(16-7-8-25-18-28(37)12-14-31(25)36)23-44-34-15-11-26(19-32(34)39)35(42)38-46/h5,9,11-12,14-15,18-19,27,30,33H,3-4,6-8,10,13,16-17,20-23H2,1-2H3/b9-5+/t27-,30+,33-,36-,46+/m0/s1. The highest BCUT2D eigenvalue weighted by molar-refractivity contribution is 7.94. The summed E-state index contributed by atoms with van der Waals surface area (Å²) in [6.45, 7) is 5.04. The molecule has 0 saturated heterocycles. The summed E-state index contributed by atoms with van der Waals surface area (Å²) < 4.78 is 30.6. The lowest BCUT2D eigenvalue weighted by Crippen LogP contribution is -2.49. The Balaban J connectivity index is 1.44. The predicted molar refractivity (Wildman–Crippen MR) is 180 cm³/mol. The molecule has 2 bridgehead atoms. The maximum Gasteiger partial charge on any atom is 0.303 e. The number of Topliss-reactive ketones (excluding diaryl/α,β-unsaturated/α-hetero) is 1. The third-order valence-corrected chi connectivity index (χ3v) is 12.6. The predicted octanol–water partition coefficient (Wildman–Crippen LogP) is 6.71. The summed E-state index contributed by atoms with van der Waals surface area (Å²) in [6.07, 6.45) is 9.75. The summed E-state index contributed by atoms with van der Waals surface area (Å²) in [4.78, 5) is 40.6. The molecule has 6 rings (SSSR count). The van der Waals surface area contributed by atoms with Gasteiger partial charge in [-0.25, -0.2) is 4.21 Å². The van der Waals surface area contributed by atoms with E-state index < -0.39 is 15.6 Å². The number of esters is 1. The Morgan fingerprint density at radius 2 is 2.02 bits per heavy atom. The second kappa shape index (κ2) is 13.5. The van der Waals surface area contributed by atoms with Crippen molar-refractivity contribution in [1.29, 1.82) is 0 Å². The van der Waals surface area contributed by atoms with E-state index in [0.29, 0.717) is 43.9 Å². The smallest absolute Gasteiger partial charge is 0.303 e. The van der Waals surface area contributed by atoms with Gasteiger partial charge in [0, 0.05) is 54.1 Å². The third kappa shape index (κ3) is 6.91. The van der Waals surface area contributed by atoms with Crippen LogP contribution in [0, 0.1) is 11.8 Å². The monoisotopic (exact) mass is 666 g/mol. The number of hydrogen-bond donors (Lipinski definition) is 0. The molecule has 4 aliphatic rings. The van der Waals surface area contributed by atoms with E-state index in [1.54, 1.807) is 13.0 Å². The van der Waals surface area contributed by atoms with Crippen molar-refractivity contribution < 1.29 is 28.1 Å². The van der Waals surface area contributed by atoms with Gasteiger partial charge >= 0.3 is 5.97 Å². The minimum atomic E-state index is -3.12. The van der Waals surface area contributed by atoms with Gasteiger partial charge in [-0.1, -0.05) is 30.7 Å². The van der Waals surface area contributed by atoms with Crippen LogP contribution in [0.2, 0.25) is 5.02 Å². The number of ketones is 1. The number of carbonyl (C=O) groups excluding carboxylic acids is 3. The first-order valence-electron chi connectivity index (χ1n) is 16.5. The summed E-state index contributed by atoms with van der Waals surface area (Å²) >= 11 is 6.42. The lowest BCUT2D eigenvalue weighted by atomic mass is 9.68. The molecule has 2 aromatic rings. The first-order valence-corrected chi connectivity index (χ1v) is 18.7. The molecule has 0 N–H and O–H groups in total. The Labute approximate surface area is 277 Å². The molecule has 1 amide bonds. The van der Waals surface area contributed by atoms with Gasteiger partial charge in [0.2, 0.25) is 0 Å². The number of ether oxygens (including phenoxy) is 2. The minimum absolute atomic E-state index is 0.130. The van der Waals surface area contributed by atoms with Crippen LogP contribution >= 0.6 is 11.6 Å². The van der Waals surface area contributed by atoms with Crippen LogP contribution in [-0.4, -0.2) is 59.2 Å². The Bertz CT molecular complexity index is 1680. The van der Waals surface area contributed by atoms with Gasteiger partial charge in [-0.3, -0.25) is 14.4 Å². The fourth-order valence-electron chi connectivity index (χ4n) is 7.61. The van der Waals surface area contributed by atoms with Crippen molar-refractivity contribution in [2.45, 2.75) is 76.7 Å². The Morgan fingerprint density at radius 1 is 1.17 bits per heavy atom. The maximum atomic E-state index is 14.0. The largest absolute Gasteiger partial charge is 0.490 e. The number of carbonyl (C=O) groups is 3. The zero-order valence-corrected chi connectivity index (χ0v) is 28.2. The maximum absolute atomic E-state index is 14.0. The van der Waals surface area contributed by atoms with Crippen LogP contribution in [0.5, 0.6) is 5.75 Å². The van der Waals surface area contributed by atoms with Crippen molar-refractivity contribution in [2.24, 2.45) is 16.2 Å². The lowest BCUT2D eigenvalue weighted by molar-refractivity contribution is -0.149. The molecule has 0 radical (unpaired) electrons. The molecule has 2 aliphatic heterocycles. The van der Waals surface area contributed by atoms with Gasteiger partial charge in [0.25, 0.3) is 5.91 Å². The van der Waals surface area contributed by atoms with Crippen molar-refractivity contribution in [3.63, 3.8) is 0 Å². The Morgan fingerprint density at radius 3 is 2.78 bits per heavy atom. The van der Waals surface area contributed by atoms with E-state index in [1.165, 1.54) is 18.1 Å². The molecule has 1 spiro atoms. The summed E-state index contributed by atoms with van der Waals surface area (Å²) in [5, 5.41) is 0.727. The number of fused-ring (bicyclic) bond motifs is 4. The fourth-order valence-corrected chi connectivity index (χ4v) is 9.84. The number of anilines is 1. The normalized spacial score (nSPS) is 30.0. The quantitative estimate of drug-likeness (QED) is 0.264. The zero-order valence-electron chi connectivity index (χ0n) is 26.7. The Hall–Kier alpha value is -3.17. The molecule has 2 heterocycles. The lowest BCUT2D eigenvalue weighted by Gasteiger charge is -2.45. The van der Waals surface area contributed by atoms with Crippen molar-refractivity contribution in [3.05, 3.63) is 70.3 Å². The number of nitrogens with zero attached hydrogens (tertiary/aromatic N) is 2. The molecule has 46 heavy (non-hydrogen) atoms. The van der Waals surface area contributed by atoms with E-state index >= 15 is 0 Å². The van der Waals surface area contributed by atoms with E-state index in [2.05, 4.69) is 21.4 Å². The molecule has 1 fully saturated rings. The van der Waals surface area contributed by atoms with Crippen molar-refractivity contribution in [1.82, 2.24) is 0 Å². The van der Waals surface area contributed by atoms with Crippen LogP contribution in [0.15, 0.2) is 52.9 Å². The summed E-state index contributed by atoms with van der Waals surface area (Å²) in [6, 6.07) is 11.5. The molecule has 10 heteroatoms. The number of rotatable bonds is 4. The van der Waals surface area contributed by atoms with Gasteiger partial charge in [0.05, 0.1) is 27.8 Å². The average Bonchev–Trinajstić information content (AvgIpc) is 3.15. The highest BCUT2D eigenvalue weighted by Gasteiger charge is 2.44. The van der Waals surface area contributed by atoms with Gasteiger partial charge in [0.15, 0.2) is 0 Å². The topological polar surface area (TPSA) is 102 Å². The van der Waals surface area contributed by atoms with Crippen molar-refractivity contribution in [2.75, 3.05) is 36.1 Å². The van der Waals surface area contributed by atoms with Gasteiger partial charge in [0.1, 0.15) is 17.6 Å². The third-order valence-electron chi connectivity index (χ3n) is 10.1. The molecular weight excluding hydrogens is 624 g/mol. The van der Waals surface area contributed by atoms with Gasteiger partial charge in [-0.05, 0) is 98.4 Å². The molecule has 8 nitrogen and oxygen atoms in total. The molecule has 5 atom stereocenters. The van der Waals surface area contributed by atoms with Crippen LogP contribution < -0.4 is 9.64 Å². The second-order valence-electron chi connectivity index (χ2n) is 13.3. The van der Waals surface area contributed by atoms with Crippen LogP contribution in [0.1, 0.15) is 80.3 Å². The summed E-state index contributed by atoms with van der Waals surface area (Å²) in [7, 11) is -3.12.